The van der Waals surface area contributed by atoms with Gasteiger partial charge in [-0.15, -0.1) is 11.8 Å². The molecule has 1 spiro atoms. The predicted octanol–water partition coefficient (Wildman–Crippen LogP) is 1.44. The lowest BCUT2D eigenvalue weighted by molar-refractivity contribution is 0.00277. The Bertz CT molecular complexity index is 295. The van der Waals surface area contributed by atoms with Crippen LogP contribution < -0.4 is 5.73 Å². The van der Waals surface area contributed by atoms with Gasteiger partial charge in [0, 0.05) is 19.1 Å². The summed E-state index contributed by atoms with van der Waals surface area (Å²) in [7, 11) is 0. The summed E-state index contributed by atoms with van der Waals surface area (Å²) in [4.78, 5) is 13.5. The first kappa shape index (κ1) is 12.0. The third-order valence-corrected chi connectivity index (χ3v) is 4.64. The smallest absolute Gasteiger partial charge is 0.410 e. The maximum Gasteiger partial charge on any atom is 0.410 e. The van der Waals surface area contributed by atoms with Crippen LogP contribution in [0, 0.1) is 0 Å². The predicted molar refractivity (Wildman–Crippen MR) is 65.6 cm³/mol. The van der Waals surface area contributed by atoms with E-state index in [9.17, 15) is 4.79 Å². The van der Waals surface area contributed by atoms with Gasteiger partial charge >= 0.3 is 6.09 Å². The van der Waals surface area contributed by atoms with Crippen molar-refractivity contribution in [2.75, 3.05) is 18.8 Å². The minimum absolute atomic E-state index is 0.122. The Morgan fingerprint density at radius 3 is 2.56 bits per heavy atom. The van der Waals surface area contributed by atoms with Gasteiger partial charge in [-0.05, 0) is 32.9 Å². The molecule has 2 aliphatic heterocycles. The maximum absolute atomic E-state index is 11.7. The van der Waals surface area contributed by atoms with Crippen molar-refractivity contribution in [2.24, 2.45) is 5.73 Å². The van der Waals surface area contributed by atoms with Gasteiger partial charge in [-0.25, -0.2) is 4.79 Å². The highest BCUT2D eigenvalue weighted by Gasteiger charge is 2.53. The van der Waals surface area contributed by atoms with Gasteiger partial charge in [0.1, 0.15) is 5.60 Å². The number of likely N-dealkylation sites (tertiary alicyclic amines) is 1. The molecule has 4 nitrogen and oxygen atoms in total. The molecule has 0 saturated carbocycles. The number of nitrogens with two attached hydrogens (primary N) is 1. The van der Waals surface area contributed by atoms with Gasteiger partial charge in [-0.1, -0.05) is 0 Å². The topological polar surface area (TPSA) is 55.6 Å². The summed E-state index contributed by atoms with van der Waals surface area (Å²) in [6, 6.07) is 0.233. The number of nitrogens with zero attached hydrogens (tertiary/aromatic N) is 1. The molecule has 2 heterocycles. The molecule has 1 atom stereocenters. The molecule has 2 fully saturated rings. The second-order valence-electron chi connectivity index (χ2n) is 5.64. The van der Waals surface area contributed by atoms with E-state index in [0.29, 0.717) is 0 Å². The number of hydrogen-bond acceptors (Lipinski definition) is 4. The lowest BCUT2D eigenvalue weighted by atomic mass is 9.90. The molecule has 0 aromatic rings. The van der Waals surface area contributed by atoms with Crippen LogP contribution in [0.4, 0.5) is 4.79 Å². The molecule has 0 radical (unpaired) electrons. The normalized spacial score (nSPS) is 28.0. The molecule has 2 N–H and O–H groups in total. The van der Waals surface area contributed by atoms with E-state index in [1.54, 1.807) is 4.90 Å². The van der Waals surface area contributed by atoms with Crippen molar-refractivity contribution < 1.29 is 9.53 Å². The van der Waals surface area contributed by atoms with Gasteiger partial charge in [0.05, 0.1) is 4.75 Å². The Labute approximate surface area is 101 Å². The quantitative estimate of drug-likeness (QED) is 0.700. The minimum atomic E-state index is -0.412. The highest BCUT2D eigenvalue weighted by Crippen LogP contribution is 2.44. The van der Waals surface area contributed by atoms with Gasteiger partial charge < -0.3 is 15.4 Å². The lowest BCUT2D eigenvalue weighted by Crippen LogP contribution is -2.67. The highest BCUT2D eigenvalue weighted by molar-refractivity contribution is 8.01. The summed E-state index contributed by atoms with van der Waals surface area (Å²) in [5, 5.41) is 0. The third-order valence-electron chi connectivity index (χ3n) is 3.06. The zero-order valence-corrected chi connectivity index (χ0v) is 11.0. The van der Waals surface area contributed by atoms with E-state index in [1.807, 2.05) is 32.5 Å². The number of hydrogen-bond donors (Lipinski definition) is 1. The molecule has 2 saturated heterocycles. The van der Waals surface area contributed by atoms with Crippen LogP contribution in [-0.4, -0.2) is 46.2 Å². The van der Waals surface area contributed by atoms with Gasteiger partial charge in [-0.2, -0.15) is 0 Å². The Balaban J connectivity index is 1.86. The first-order valence-electron chi connectivity index (χ1n) is 5.70. The minimum Gasteiger partial charge on any atom is -0.444 e. The number of carbonyl (C=O) groups excluding carboxylic acids is 1. The Morgan fingerprint density at radius 1 is 1.50 bits per heavy atom. The van der Waals surface area contributed by atoms with E-state index in [4.69, 9.17) is 10.5 Å². The van der Waals surface area contributed by atoms with Crippen LogP contribution in [0.15, 0.2) is 0 Å². The van der Waals surface area contributed by atoms with E-state index >= 15 is 0 Å². The average molecular weight is 244 g/mol. The molecule has 5 heteroatoms. The molecule has 0 aromatic carbocycles. The van der Waals surface area contributed by atoms with E-state index in [1.165, 1.54) is 0 Å². The van der Waals surface area contributed by atoms with Crippen LogP contribution in [0.25, 0.3) is 0 Å². The van der Waals surface area contributed by atoms with Crippen molar-refractivity contribution in [3.05, 3.63) is 0 Å². The third kappa shape index (κ3) is 2.15. The van der Waals surface area contributed by atoms with Gasteiger partial charge in [0.25, 0.3) is 0 Å². The summed E-state index contributed by atoms with van der Waals surface area (Å²) in [6.07, 6.45) is 0.852. The van der Waals surface area contributed by atoms with Gasteiger partial charge in [-0.3, -0.25) is 0 Å². The fourth-order valence-corrected chi connectivity index (χ4v) is 3.74. The summed E-state index contributed by atoms with van der Waals surface area (Å²) >= 11 is 1.90. The van der Waals surface area contributed by atoms with Crippen LogP contribution in [0.5, 0.6) is 0 Å². The molecule has 0 aliphatic carbocycles. The first-order chi connectivity index (χ1) is 7.32. The van der Waals surface area contributed by atoms with Crippen LogP contribution in [0.2, 0.25) is 0 Å². The van der Waals surface area contributed by atoms with Gasteiger partial charge in [0.15, 0.2) is 0 Å². The van der Waals surface area contributed by atoms with Crippen LogP contribution >= 0.6 is 11.8 Å². The Hall–Kier alpha value is -0.420. The van der Waals surface area contributed by atoms with E-state index in [-0.39, 0.29) is 16.9 Å². The van der Waals surface area contributed by atoms with Crippen molar-refractivity contribution in [1.82, 2.24) is 4.90 Å². The molecule has 92 valence electrons. The zero-order valence-electron chi connectivity index (χ0n) is 10.2. The van der Waals surface area contributed by atoms with Crippen LogP contribution in [0.3, 0.4) is 0 Å². The number of rotatable bonds is 0. The first-order valence-corrected chi connectivity index (χ1v) is 6.68. The number of ether oxygens (including phenoxy) is 1. The molecule has 1 amide bonds. The van der Waals surface area contributed by atoms with E-state index in [2.05, 4.69) is 0 Å². The largest absolute Gasteiger partial charge is 0.444 e. The fraction of sp³-hybridized carbons (Fsp3) is 0.909. The Kier molecular flexibility index (Phi) is 2.87. The summed E-state index contributed by atoms with van der Waals surface area (Å²) in [5.41, 5.74) is 5.65. The molecular weight excluding hydrogens is 224 g/mol. The second-order valence-corrected chi connectivity index (χ2v) is 7.15. The number of amides is 1. The average Bonchev–Trinajstić information content (AvgIpc) is 2.40. The van der Waals surface area contributed by atoms with Crippen molar-refractivity contribution in [3.8, 4) is 0 Å². The summed E-state index contributed by atoms with van der Waals surface area (Å²) in [5.74, 6) is 1.11. The SMILES string of the molecule is CC(C)(C)OC(=O)N1CC2(C1)SCCC2N. The van der Waals surface area contributed by atoms with Crippen molar-refractivity contribution in [1.29, 1.82) is 0 Å². The molecule has 16 heavy (non-hydrogen) atoms. The molecule has 1 unspecified atom stereocenters. The number of thioether (sulfide) groups is 1. The van der Waals surface area contributed by atoms with E-state index < -0.39 is 5.60 Å². The number of carbonyl (C=O) groups is 1. The molecule has 0 aromatic heterocycles. The molecule has 2 aliphatic rings. The molecular formula is C11H20N2O2S. The van der Waals surface area contributed by atoms with Crippen LogP contribution in [-0.2, 0) is 4.74 Å². The molecule has 2 rings (SSSR count). The fourth-order valence-electron chi connectivity index (χ4n) is 2.14. The van der Waals surface area contributed by atoms with Crippen molar-refractivity contribution in [2.45, 2.75) is 43.6 Å². The monoisotopic (exact) mass is 244 g/mol. The second kappa shape index (κ2) is 3.81. The van der Waals surface area contributed by atoms with Crippen LogP contribution in [0.1, 0.15) is 27.2 Å². The lowest BCUT2D eigenvalue weighted by Gasteiger charge is -2.49. The standard InChI is InChI=1S/C11H20N2O2S/c1-10(2,3)15-9(14)13-6-11(7-13)8(12)4-5-16-11/h8H,4-7,12H2,1-3H3. The van der Waals surface area contributed by atoms with Gasteiger partial charge in [0.2, 0.25) is 0 Å². The highest BCUT2D eigenvalue weighted by atomic mass is 32.2. The summed E-state index contributed by atoms with van der Waals surface area (Å²) in [6.45, 7) is 7.14. The maximum atomic E-state index is 11.7. The molecule has 0 bridgehead atoms. The van der Waals surface area contributed by atoms with E-state index in [0.717, 1.165) is 25.3 Å². The van der Waals surface area contributed by atoms with Crippen molar-refractivity contribution >= 4 is 17.9 Å². The van der Waals surface area contributed by atoms with Crippen molar-refractivity contribution in [3.63, 3.8) is 0 Å². The Morgan fingerprint density at radius 2 is 2.12 bits per heavy atom. The zero-order chi connectivity index (χ0) is 12.0. The summed E-state index contributed by atoms with van der Waals surface area (Å²) < 4.78 is 5.44.